The van der Waals surface area contributed by atoms with Crippen LogP contribution in [0.25, 0.3) is 79.3 Å². The van der Waals surface area contributed by atoms with Gasteiger partial charge in [-0.3, -0.25) is 27.6 Å². The lowest BCUT2D eigenvalue weighted by Crippen LogP contribution is -2.31. The van der Waals surface area contributed by atoms with Crippen molar-refractivity contribution in [2.75, 3.05) is 80.0 Å². The summed E-state index contributed by atoms with van der Waals surface area (Å²) >= 11 is 4.49. The lowest BCUT2D eigenvalue weighted by molar-refractivity contribution is -0.157. The molecule has 0 saturated heterocycles. The van der Waals surface area contributed by atoms with E-state index < -0.39 is 36.7 Å². The standard InChI is InChI=1S/3C27H31F3N4OS/c3*1-4-33(5-2)15-7-6-8-23(35)20-13-14-22-24(16-20)36-26-32-21(17-34(22)26)18-9-11-19(12-10-18)25(31-3)27(28,29)30/h3*9-14,16-17,25,31H,4-8,15H2,1-3H3/t2*25-;/m10./s1. The van der Waals surface area contributed by atoms with Crippen molar-refractivity contribution >= 4 is 96.9 Å². The van der Waals surface area contributed by atoms with Crippen LogP contribution in [0.15, 0.2) is 146 Å². The SMILES string of the molecule is CCN(CC)CCCCC(=O)c1ccc2c(c1)sc1nc(-c3ccc(C(NC)C(F)(F)F)cc3)cn12.CCN(CC)CCCCC(=O)c1ccc2c(c1)sc1nc(-c3ccc([C@@H](NC)C(F)(F)F)cc3)cn12.CCN(CC)CCCCC(=O)c1ccc2c(c1)sc1nc(-c3ccc([C@H](NC)C(F)(F)F)cc3)cn12. The Morgan fingerprint density at radius 1 is 0.370 bits per heavy atom. The average Bonchev–Trinajstić information content (AvgIpc) is 1.62. The van der Waals surface area contributed by atoms with Gasteiger partial charge in [-0.2, -0.15) is 39.5 Å². The lowest BCUT2D eigenvalue weighted by atomic mass is 10.0. The number of benzene rings is 6. The van der Waals surface area contributed by atoms with Crippen molar-refractivity contribution in [3.8, 4) is 33.8 Å². The van der Waals surface area contributed by atoms with Gasteiger partial charge < -0.3 is 30.7 Å². The van der Waals surface area contributed by atoms with E-state index in [1.807, 2.05) is 86.4 Å². The number of thiazole rings is 3. The van der Waals surface area contributed by atoms with Crippen LogP contribution in [0.1, 0.15) is 165 Å². The fourth-order valence-corrected chi connectivity index (χ4v) is 16.6. The van der Waals surface area contributed by atoms with Crippen LogP contribution in [-0.4, -0.2) is 159 Å². The van der Waals surface area contributed by atoms with Gasteiger partial charge in [-0.15, -0.1) is 0 Å². The second-order valence-corrected chi connectivity index (χ2v) is 29.6. The van der Waals surface area contributed by atoms with Crippen molar-refractivity contribution < 1.29 is 53.9 Å². The summed E-state index contributed by atoms with van der Waals surface area (Å²) < 4.78 is 128. The third kappa shape index (κ3) is 20.0. The van der Waals surface area contributed by atoms with Crippen LogP contribution < -0.4 is 16.0 Å². The number of alkyl halides is 9. The third-order valence-electron chi connectivity index (χ3n) is 19.8. The number of ketones is 3. The maximum Gasteiger partial charge on any atom is 0.407 e. The molecule has 12 aromatic rings. The van der Waals surface area contributed by atoms with Gasteiger partial charge in [0, 0.05) is 71.2 Å². The minimum atomic E-state index is -4.36. The number of hydrogen-bond donors (Lipinski definition) is 3. The zero-order valence-electron chi connectivity index (χ0n) is 62.2. The Balaban J connectivity index is 0.000000173. The van der Waals surface area contributed by atoms with Crippen LogP contribution in [0.4, 0.5) is 39.5 Å². The number of imidazole rings is 3. The summed E-state index contributed by atoms with van der Waals surface area (Å²) in [6, 6.07) is 31.0. The fourth-order valence-electron chi connectivity index (χ4n) is 13.5. The molecule has 0 fully saturated rings. The molecule has 0 spiro atoms. The Labute approximate surface area is 635 Å². The van der Waals surface area contributed by atoms with Gasteiger partial charge in [-0.25, -0.2) is 15.0 Å². The number of carbonyl (C=O) groups excluding carboxylic acids is 3. The molecule has 0 saturated carbocycles. The summed E-state index contributed by atoms with van der Waals surface area (Å²) in [6.07, 6.45) is -0.147. The number of aromatic nitrogens is 6. The highest BCUT2D eigenvalue weighted by atomic mass is 32.1. The summed E-state index contributed by atoms with van der Waals surface area (Å²) in [7, 11) is 3.90. The van der Waals surface area contributed by atoms with Crippen LogP contribution in [0, 0.1) is 0 Å². The molecule has 1 unspecified atom stereocenters. The van der Waals surface area contributed by atoms with Gasteiger partial charge in [0.05, 0.1) is 47.7 Å². The molecule has 0 aliphatic carbocycles. The van der Waals surface area contributed by atoms with Crippen molar-refractivity contribution in [2.24, 2.45) is 0 Å². The number of halogens is 9. The lowest BCUT2D eigenvalue weighted by Gasteiger charge is -2.20. The molecule has 0 aliphatic heterocycles. The highest BCUT2D eigenvalue weighted by Crippen LogP contribution is 2.39. The predicted octanol–water partition coefficient (Wildman–Crippen LogP) is 20.2. The Kier molecular flexibility index (Phi) is 28.2. The normalized spacial score (nSPS) is 13.2. The van der Waals surface area contributed by atoms with Gasteiger partial charge in [0.15, 0.2) is 32.2 Å². The smallest absolute Gasteiger partial charge is 0.306 e. The van der Waals surface area contributed by atoms with Crippen molar-refractivity contribution in [1.29, 1.82) is 0 Å². The number of fused-ring (bicyclic) bond motifs is 9. The van der Waals surface area contributed by atoms with E-state index in [-0.39, 0.29) is 34.0 Å². The summed E-state index contributed by atoms with van der Waals surface area (Å²) in [5, 5.41) is 6.97. The molecule has 15 nitrogen and oxygen atoms in total. The second-order valence-electron chi connectivity index (χ2n) is 26.6. The number of Topliss-reactive ketones (excluding diaryl/α,β-unsaturated/α-hetero) is 3. The van der Waals surface area contributed by atoms with Crippen LogP contribution in [0.5, 0.6) is 0 Å². The Morgan fingerprint density at radius 3 is 0.824 bits per heavy atom. The monoisotopic (exact) mass is 1550 g/mol. The van der Waals surface area contributed by atoms with E-state index in [4.69, 9.17) is 0 Å². The van der Waals surface area contributed by atoms with E-state index in [0.29, 0.717) is 36.3 Å². The minimum absolute atomic E-state index is 0.155. The van der Waals surface area contributed by atoms with Crippen molar-refractivity contribution in [1.82, 2.24) is 58.8 Å². The zero-order chi connectivity index (χ0) is 77.6. The van der Waals surface area contributed by atoms with Gasteiger partial charge in [0.2, 0.25) is 0 Å². The maximum atomic E-state index is 13.2. The minimum Gasteiger partial charge on any atom is -0.306 e. The number of unbranched alkanes of at least 4 members (excludes halogenated alkanes) is 3. The maximum absolute atomic E-state index is 13.2. The molecule has 0 amide bonds. The van der Waals surface area contributed by atoms with Crippen LogP contribution >= 0.6 is 34.0 Å². The molecular weight excluding hydrogens is 1460 g/mol. The molecule has 576 valence electrons. The molecule has 27 heteroatoms. The second kappa shape index (κ2) is 37.0. The first-order valence-electron chi connectivity index (χ1n) is 36.8. The topological polar surface area (TPSA) is 149 Å². The largest absolute Gasteiger partial charge is 0.407 e. The van der Waals surface area contributed by atoms with Crippen molar-refractivity contribution in [3.05, 3.63) is 179 Å². The molecule has 6 aromatic carbocycles. The van der Waals surface area contributed by atoms with Crippen LogP contribution in [0.2, 0.25) is 0 Å². The first kappa shape index (κ1) is 82.2. The molecule has 3 N–H and O–H groups in total. The molecule has 12 rings (SSSR count). The number of nitrogens with zero attached hydrogens (tertiary/aromatic N) is 9. The number of hydrogen-bond acceptors (Lipinski definition) is 15. The van der Waals surface area contributed by atoms with Gasteiger partial charge in [0.1, 0.15) is 18.1 Å². The Hall–Kier alpha value is -8.25. The third-order valence-corrected chi connectivity index (χ3v) is 22.8. The van der Waals surface area contributed by atoms with Gasteiger partial charge in [-0.05, 0) is 190 Å². The van der Waals surface area contributed by atoms with E-state index >= 15 is 0 Å². The fraction of sp³-hybridized carbons (Fsp3) is 0.407. The van der Waals surface area contributed by atoms with Gasteiger partial charge >= 0.3 is 18.5 Å². The number of nitrogens with one attached hydrogen (secondary N) is 3. The van der Waals surface area contributed by atoms with Gasteiger partial charge in [0.25, 0.3) is 0 Å². The predicted molar refractivity (Wildman–Crippen MR) is 420 cm³/mol. The van der Waals surface area contributed by atoms with Crippen LogP contribution in [0.3, 0.4) is 0 Å². The van der Waals surface area contributed by atoms with E-state index in [0.717, 1.165) is 176 Å². The number of rotatable bonds is 33. The summed E-state index contributed by atoms with van der Waals surface area (Å²) in [5.41, 5.74) is 9.80. The molecule has 3 atom stereocenters. The molecule has 0 bridgehead atoms. The van der Waals surface area contributed by atoms with E-state index in [1.165, 1.54) is 91.6 Å². The van der Waals surface area contributed by atoms with Gasteiger partial charge in [-0.1, -0.05) is 148 Å². The van der Waals surface area contributed by atoms with Crippen molar-refractivity contribution in [3.63, 3.8) is 0 Å². The van der Waals surface area contributed by atoms with E-state index in [9.17, 15) is 53.9 Å². The zero-order valence-corrected chi connectivity index (χ0v) is 64.6. The van der Waals surface area contributed by atoms with E-state index in [1.54, 1.807) is 36.4 Å². The first-order valence-corrected chi connectivity index (χ1v) is 39.2. The summed E-state index contributed by atoms with van der Waals surface area (Å²) in [4.78, 5) is 61.6. The number of carbonyl (C=O) groups is 3. The molecule has 108 heavy (non-hydrogen) atoms. The highest BCUT2D eigenvalue weighted by Gasteiger charge is 2.42. The Morgan fingerprint density at radius 2 is 0.611 bits per heavy atom. The molecule has 0 radical (unpaired) electrons. The average molecular weight is 1550 g/mol. The molecule has 6 aromatic heterocycles. The summed E-state index contributed by atoms with van der Waals surface area (Å²) in [5.74, 6) is 0.464. The van der Waals surface area contributed by atoms with Crippen molar-refractivity contribution in [2.45, 2.75) is 136 Å². The molecular formula is C81H93F9N12O3S3. The van der Waals surface area contributed by atoms with E-state index in [2.05, 4.69) is 87.1 Å². The first-order chi connectivity index (χ1) is 51.7. The van der Waals surface area contributed by atoms with Crippen LogP contribution in [-0.2, 0) is 0 Å². The molecule has 6 heterocycles. The quantitative estimate of drug-likeness (QED) is 0.0204. The highest BCUT2D eigenvalue weighted by molar-refractivity contribution is 7.24. The summed E-state index contributed by atoms with van der Waals surface area (Å²) in [6.45, 7) is 22.1. The Bertz CT molecular complexity index is 4460. The molecule has 0 aliphatic rings.